The van der Waals surface area contributed by atoms with Gasteiger partial charge in [-0.2, -0.15) is 18.3 Å². The van der Waals surface area contributed by atoms with Gasteiger partial charge in [-0.3, -0.25) is 5.10 Å². The predicted molar refractivity (Wildman–Crippen MR) is 40.2 cm³/mol. The molecule has 0 radical (unpaired) electrons. The average Bonchev–Trinajstić information content (AvgIpc) is 2.63. The number of nitrogens with one attached hydrogen (secondary N) is 2. The molecule has 1 aromatic rings. The Hall–Kier alpha value is -1.20. The summed E-state index contributed by atoms with van der Waals surface area (Å²) in [6.45, 7) is 0. The van der Waals surface area contributed by atoms with E-state index in [4.69, 9.17) is 0 Å². The first kappa shape index (κ1) is 8.40. The van der Waals surface area contributed by atoms with Crippen molar-refractivity contribution < 1.29 is 13.2 Å². The zero-order valence-electron chi connectivity index (χ0n) is 6.65. The van der Waals surface area contributed by atoms with Crippen LogP contribution in [0.2, 0.25) is 0 Å². The van der Waals surface area contributed by atoms with Gasteiger partial charge in [-0.25, -0.2) is 0 Å². The molecule has 0 saturated heterocycles. The Balaban J connectivity index is 2.08. The summed E-state index contributed by atoms with van der Waals surface area (Å²) in [4.78, 5) is 0. The van der Waals surface area contributed by atoms with Crippen LogP contribution in [0.25, 0.3) is 0 Å². The van der Waals surface area contributed by atoms with Crippen molar-refractivity contribution in [2.24, 2.45) is 0 Å². The minimum absolute atomic E-state index is 0.273. The molecule has 2 rings (SSSR count). The Morgan fingerprint density at radius 2 is 2.15 bits per heavy atom. The average molecular weight is 191 g/mol. The van der Waals surface area contributed by atoms with E-state index >= 15 is 0 Å². The molecule has 1 saturated carbocycles. The van der Waals surface area contributed by atoms with Gasteiger partial charge in [-0.05, 0) is 12.8 Å². The van der Waals surface area contributed by atoms with Crippen LogP contribution in [0.15, 0.2) is 6.07 Å². The molecule has 0 aliphatic heterocycles. The highest BCUT2D eigenvalue weighted by molar-refractivity contribution is 5.38. The number of hydrogen-bond acceptors (Lipinski definition) is 2. The lowest BCUT2D eigenvalue weighted by atomic mass is 10.4. The van der Waals surface area contributed by atoms with Gasteiger partial charge in [-0.1, -0.05) is 0 Å². The molecule has 0 amide bonds. The van der Waals surface area contributed by atoms with Crippen molar-refractivity contribution >= 4 is 5.82 Å². The Labute approximate surface area is 72.3 Å². The fourth-order valence-corrected chi connectivity index (χ4v) is 0.978. The highest BCUT2D eigenvalue weighted by atomic mass is 19.4. The maximum Gasteiger partial charge on any atom is 0.432 e. The van der Waals surface area contributed by atoms with Crippen molar-refractivity contribution in [3.8, 4) is 0 Å². The fraction of sp³-hybridized carbons (Fsp3) is 0.571. The summed E-state index contributed by atoms with van der Waals surface area (Å²) >= 11 is 0. The second-order valence-electron chi connectivity index (χ2n) is 3.08. The molecular formula is C7H8F3N3. The highest BCUT2D eigenvalue weighted by Gasteiger charge is 2.33. The van der Waals surface area contributed by atoms with E-state index in [0.717, 1.165) is 18.9 Å². The van der Waals surface area contributed by atoms with E-state index in [0.29, 0.717) is 6.04 Å². The van der Waals surface area contributed by atoms with Crippen LogP contribution >= 0.6 is 0 Å². The number of hydrogen-bond donors (Lipinski definition) is 2. The van der Waals surface area contributed by atoms with Crippen LogP contribution in [0.1, 0.15) is 18.5 Å². The van der Waals surface area contributed by atoms with Gasteiger partial charge in [0.25, 0.3) is 0 Å². The van der Waals surface area contributed by atoms with E-state index in [1.54, 1.807) is 0 Å². The molecule has 1 fully saturated rings. The first-order valence-corrected chi connectivity index (χ1v) is 3.95. The van der Waals surface area contributed by atoms with E-state index in [1.165, 1.54) is 0 Å². The summed E-state index contributed by atoms with van der Waals surface area (Å²) in [6, 6.07) is 1.29. The molecule has 72 valence electrons. The third kappa shape index (κ3) is 1.93. The monoisotopic (exact) mass is 191 g/mol. The first-order valence-electron chi connectivity index (χ1n) is 3.95. The topological polar surface area (TPSA) is 40.7 Å². The van der Waals surface area contributed by atoms with Crippen molar-refractivity contribution in [1.82, 2.24) is 10.2 Å². The van der Waals surface area contributed by atoms with Gasteiger partial charge in [0.2, 0.25) is 0 Å². The molecule has 0 unspecified atom stereocenters. The Kier molecular flexibility index (Phi) is 1.71. The van der Waals surface area contributed by atoms with Crippen molar-refractivity contribution in [2.75, 3.05) is 5.32 Å². The van der Waals surface area contributed by atoms with Crippen LogP contribution in [0.4, 0.5) is 19.0 Å². The van der Waals surface area contributed by atoms with E-state index < -0.39 is 11.9 Å². The molecule has 1 aliphatic carbocycles. The number of aromatic nitrogens is 2. The molecule has 0 spiro atoms. The van der Waals surface area contributed by atoms with Gasteiger partial charge in [-0.15, -0.1) is 0 Å². The molecular weight excluding hydrogens is 183 g/mol. The van der Waals surface area contributed by atoms with Crippen molar-refractivity contribution in [1.29, 1.82) is 0 Å². The second-order valence-corrected chi connectivity index (χ2v) is 3.08. The molecule has 0 atom stereocenters. The van der Waals surface area contributed by atoms with Crippen molar-refractivity contribution in [2.45, 2.75) is 25.1 Å². The third-order valence-corrected chi connectivity index (χ3v) is 1.81. The number of alkyl halides is 3. The quantitative estimate of drug-likeness (QED) is 0.750. The zero-order chi connectivity index (χ0) is 9.47. The Morgan fingerprint density at radius 1 is 1.46 bits per heavy atom. The molecule has 13 heavy (non-hydrogen) atoms. The van der Waals surface area contributed by atoms with E-state index in [-0.39, 0.29) is 5.82 Å². The predicted octanol–water partition coefficient (Wildman–Crippen LogP) is 2.00. The van der Waals surface area contributed by atoms with Crippen molar-refractivity contribution in [3.63, 3.8) is 0 Å². The molecule has 0 aromatic carbocycles. The second kappa shape index (κ2) is 2.65. The van der Waals surface area contributed by atoms with Crippen LogP contribution in [0, 0.1) is 0 Å². The zero-order valence-corrected chi connectivity index (χ0v) is 6.65. The van der Waals surface area contributed by atoms with Crippen LogP contribution in [-0.2, 0) is 6.18 Å². The molecule has 1 aliphatic rings. The normalized spacial score (nSPS) is 17.5. The lowest BCUT2D eigenvalue weighted by Crippen LogP contribution is -2.04. The van der Waals surface area contributed by atoms with Crippen molar-refractivity contribution in [3.05, 3.63) is 11.8 Å². The lowest BCUT2D eigenvalue weighted by Gasteiger charge is -2.00. The number of halogens is 3. The smallest absolute Gasteiger partial charge is 0.366 e. The SMILES string of the molecule is FC(F)(F)c1cc(NC2CC2)n[nH]1. The summed E-state index contributed by atoms with van der Waals surface area (Å²) in [5.41, 5.74) is -0.810. The fourth-order valence-electron chi connectivity index (χ4n) is 0.978. The number of nitrogens with zero attached hydrogens (tertiary/aromatic N) is 1. The van der Waals surface area contributed by atoms with Crippen LogP contribution in [-0.4, -0.2) is 16.2 Å². The maximum absolute atomic E-state index is 12.1. The molecule has 0 bridgehead atoms. The molecule has 3 nitrogen and oxygen atoms in total. The maximum atomic E-state index is 12.1. The number of H-pyrrole nitrogens is 1. The molecule has 6 heteroatoms. The van der Waals surface area contributed by atoms with E-state index in [1.807, 2.05) is 5.10 Å². The molecule has 1 aromatic heterocycles. The first-order chi connectivity index (χ1) is 6.05. The highest BCUT2D eigenvalue weighted by Crippen LogP contribution is 2.30. The van der Waals surface area contributed by atoms with Gasteiger partial charge in [0.05, 0.1) is 0 Å². The summed E-state index contributed by atoms with van der Waals surface area (Å²) in [5.74, 6) is 0.273. The number of aromatic amines is 1. The Morgan fingerprint density at radius 3 is 2.62 bits per heavy atom. The van der Waals surface area contributed by atoms with Gasteiger partial charge in [0.15, 0.2) is 0 Å². The Bertz CT molecular complexity index is 300. The summed E-state index contributed by atoms with van der Waals surface area (Å²) in [6.07, 6.45) is -2.32. The minimum atomic E-state index is -4.34. The minimum Gasteiger partial charge on any atom is -0.366 e. The number of rotatable bonds is 2. The van der Waals surface area contributed by atoms with Crippen LogP contribution in [0.3, 0.4) is 0 Å². The van der Waals surface area contributed by atoms with E-state index in [9.17, 15) is 13.2 Å². The summed E-state index contributed by atoms with van der Waals surface area (Å²) in [7, 11) is 0. The van der Waals surface area contributed by atoms with E-state index in [2.05, 4.69) is 10.4 Å². The lowest BCUT2D eigenvalue weighted by molar-refractivity contribution is -0.141. The van der Waals surface area contributed by atoms with Gasteiger partial charge in [0.1, 0.15) is 11.5 Å². The van der Waals surface area contributed by atoms with Gasteiger partial charge in [0, 0.05) is 12.1 Å². The largest absolute Gasteiger partial charge is 0.432 e. The van der Waals surface area contributed by atoms with Gasteiger partial charge < -0.3 is 5.32 Å². The molecule has 2 N–H and O–H groups in total. The number of anilines is 1. The third-order valence-electron chi connectivity index (χ3n) is 1.81. The van der Waals surface area contributed by atoms with Crippen LogP contribution < -0.4 is 5.32 Å². The summed E-state index contributed by atoms with van der Waals surface area (Å²) in [5, 5.41) is 8.31. The van der Waals surface area contributed by atoms with Crippen LogP contribution in [0.5, 0.6) is 0 Å². The summed E-state index contributed by atoms with van der Waals surface area (Å²) < 4.78 is 36.2. The van der Waals surface area contributed by atoms with Gasteiger partial charge >= 0.3 is 6.18 Å². The molecule has 1 heterocycles. The standard InChI is InChI=1S/C7H8F3N3/c8-7(9,10)5-3-6(13-12-5)11-4-1-2-4/h3-4H,1-2H2,(H2,11,12,13).